The van der Waals surface area contributed by atoms with E-state index in [1.807, 2.05) is 6.08 Å². The summed E-state index contributed by atoms with van der Waals surface area (Å²) < 4.78 is 0. The van der Waals surface area contributed by atoms with Gasteiger partial charge < -0.3 is 10.2 Å². The highest BCUT2D eigenvalue weighted by Crippen LogP contribution is 2.08. The van der Waals surface area contributed by atoms with Gasteiger partial charge in [0, 0.05) is 13.2 Å². The summed E-state index contributed by atoms with van der Waals surface area (Å²) in [5.41, 5.74) is 0. The fourth-order valence-corrected chi connectivity index (χ4v) is 1.78. The van der Waals surface area contributed by atoms with Gasteiger partial charge in [0.25, 0.3) is 0 Å². The van der Waals surface area contributed by atoms with E-state index in [-0.39, 0.29) is 6.61 Å². The van der Waals surface area contributed by atoms with Crippen molar-refractivity contribution in [3.05, 3.63) is 12.2 Å². The highest BCUT2D eigenvalue weighted by Gasteiger charge is 1.90. The van der Waals surface area contributed by atoms with E-state index in [2.05, 4.69) is 19.9 Å². The van der Waals surface area contributed by atoms with Crippen LogP contribution in [0.2, 0.25) is 0 Å². The maximum atomic E-state index is 8.54. The van der Waals surface area contributed by atoms with Crippen molar-refractivity contribution in [3.8, 4) is 0 Å². The molecule has 0 unspecified atom stereocenters. The summed E-state index contributed by atoms with van der Waals surface area (Å²) >= 11 is 0. The Bertz CT molecular complexity index is 145. The average molecular weight is 272 g/mol. The van der Waals surface area contributed by atoms with Gasteiger partial charge in [-0.3, -0.25) is 0 Å². The van der Waals surface area contributed by atoms with Crippen molar-refractivity contribution in [1.29, 1.82) is 0 Å². The Balaban J connectivity index is 0. The fourth-order valence-electron chi connectivity index (χ4n) is 1.78. The lowest BCUT2D eigenvalue weighted by atomic mass is 10.1. The molecule has 0 bridgehead atoms. The van der Waals surface area contributed by atoms with Crippen molar-refractivity contribution >= 4 is 0 Å². The van der Waals surface area contributed by atoms with E-state index >= 15 is 0 Å². The first-order valence-corrected chi connectivity index (χ1v) is 8.20. The summed E-state index contributed by atoms with van der Waals surface area (Å²) in [5.74, 6) is 0. The first-order chi connectivity index (χ1) is 9.33. The molecule has 0 rings (SSSR count). The van der Waals surface area contributed by atoms with E-state index in [0.717, 1.165) is 19.3 Å². The largest absolute Gasteiger partial charge is 0.396 e. The van der Waals surface area contributed by atoms with Crippen LogP contribution in [0.15, 0.2) is 12.2 Å². The Morgan fingerprint density at radius 3 is 1.58 bits per heavy atom. The molecule has 0 aliphatic carbocycles. The topological polar surface area (TPSA) is 40.5 Å². The van der Waals surface area contributed by atoms with E-state index in [1.54, 1.807) is 0 Å². The third-order valence-corrected chi connectivity index (χ3v) is 2.96. The van der Waals surface area contributed by atoms with Gasteiger partial charge in [-0.15, -0.1) is 0 Å². The van der Waals surface area contributed by atoms with E-state index < -0.39 is 0 Å². The van der Waals surface area contributed by atoms with Crippen LogP contribution < -0.4 is 0 Å². The summed E-state index contributed by atoms with van der Waals surface area (Å²) in [4.78, 5) is 0. The van der Waals surface area contributed by atoms with Gasteiger partial charge in [0.1, 0.15) is 0 Å². The van der Waals surface area contributed by atoms with Gasteiger partial charge in [-0.2, -0.15) is 0 Å². The Morgan fingerprint density at radius 2 is 1.16 bits per heavy atom. The Labute approximate surface area is 120 Å². The number of rotatable bonds is 12. The predicted molar refractivity (Wildman–Crippen MR) is 85.4 cm³/mol. The minimum atomic E-state index is 0.274. The zero-order valence-electron chi connectivity index (χ0n) is 13.2. The molecule has 0 spiro atoms. The Kier molecular flexibility index (Phi) is 25.2. The van der Waals surface area contributed by atoms with Crippen LogP contribution >= 0.6 is 0 Å². The third-order valence-electron chi connectivity index (χ3n) is 2.96. The Morgan fingerprint density at radius 1 is 0.632 bits per heavy atom. The van der Waals surface area contributed by atoms with Crippen molar-refractivity contribution in [2.24, 2.45) is 0 Å². The molecule has 0 amide bonds. The molecule has 2 nitrogen and oxygen atoms in total. The quantitative estimate of drug-likeness (QED) is 0.394. The van der Waals surface area contributed by atoms with Gasteiger partial charge in [0.2, 0.25) is 0 Å². The molecule has 0 aromatic carbocycles. The molecule has 0 aromatic heterocycles. The molecule has 0 atom stereocenters. The van der Waals surface area contributed by atoms with Crippen LogP contribution in [0.3, 0.4) is 0 Å². The maximum absolute atomic E-state index is 8.54. The van der Waals surface area contributed by atoms with Crippen molar-refractivity contribution < 1.29 is 10.2 Å². The fraction of sp³-hybridized carbons (Fsp3) is 0.882. The van der Waals surface area contributed by atoms with E-state index in [9.17, 15) is 0 Å². The molecular formula is C17H36O2. The summed E-state index contributed by atoms with van der Waals surface area (Å²) in [6, 6.07) is 0. The lowest BCUT2D eigenvalue weighted by Crippen LogP contribution is -1.84. The van der Waals surface area contributed by atoms with Gasteiger partial charge in [-0.1, -0.05) is 77.4 Å². The molecule has 0 saturated carbocycles. The predicted octanol–water partition coefficient (Wildman–Crippen LogP) is 4.84. The molecule has 2 N–H and O–H groups in total. The van der Waals surface area contributed by atoms with Crippen LogP contribution in [0, 0.1) is 0 Å². The van der Waals surface area contributed by atoms with Gasteiger partial charge >= 0.3 is 0 Å². The zero-order valence-corrected chi connectivity index (χ0v) is 13.2. The van der Waals surface area contributed by atoms with Crippen LogP contribution in [-0.4, -0.2) is 23.4 Å². The normalized spacial score (nSPS) is 10.5. The molecule has 0 saturated heterocycles. The minimum absolute atomic E-state index is 0.274. The molecule has 0 aliphatic heterocycles. The lowest BCUT2D eigenvalue weighted by molar-refractivity contribution is 0.282. The third kappa shape index (κ3) is 27.0. The van der Waals surface area contributed by atoms with Gasteiger partial charge in [-0.25, -0.2) is 0 Å². The van der Waals surface area contributed by atoms with Crippen LogP contribution in [0.25, 0.3) is 0 Å². The van der Waals surface area contributed by atoms with E-state index in [1.165, 1.54) is 51.4 Å². The van der Waals surface area contributed by atoms with Crippen LogP contribution in [0.1, 0.15) is 84.5 Å². The number of allylic oxidation sites excluding steroid dienone is 1. The molecular weight excluding hydrogens is 236 g/mol. The van der Waals surface area contributed by atoms with Gasteiger partial charge in [0.05, 0.1) is 0 Å². The number of aliphatic hydroxyl groups is 2. The second kappa shape index (κ2) is 22.8. The average Bonchev–Trinajstić information content (AvgIpc) is 2.43. The highest BCUT2D eigenvalue weighted by molar-refractivity contribution is 4.79. The van der Waals surface area contributed by atoms with Crippen LogP contribution in [-0.2, 0) is 0 Å². The van der Waals surface area contributed by atoms with Gasteiger partial charge in [-0.05, 0) is 19.3 Å². The lowest BCUT2D eigenvalue weighted by Gasteiger charge is -1.99. The van der Waals surface area contributed by atoms with Crippen molar-refractivity contribution in [2.45, 2.75) is 84.5 Å². The molecule has 0 aliphatic rings. The molecule has 2 heteroatoms. The minimum Gasteiger partial charge on any atom is -0.396 e. The number of unbranched alkanes of at least 4 members (excludes halogenated alkanes) is 8. The number of aliphatic hydroxyl groups excluding tert-OH is 2. The summed E-state index contributed by atoms with van der Waals surface area (Å²) in [6.07, 6.45) is 17.7. The number of hydrogen-bond donors (Lipinski definition) is 2. The second-order valence-electron chi connectivity index (χ2n) is 4.94. The second-order valence-corrected chi connectivity index (χ2v) is 4.94. The van der Waals surface area contributed by atoms with Crippen LogP contribution in [0.5, 0.6) is 0 Å². The van der Waals surface area contributed by atoms with Crippen LogP contribution in [0.4, 0.5) is 0 Å². The molecule has 0 radical (unpaired) electrons. The summed E-state index contributed by atoms with van der Waals surface area (Å²) in [6.45, 7) is 4.97. The summed E-state index contributed by atoms with van der Waals surface area (Å²) in [5, 5.41) is 16.8. The first kappa shape index (κ1) is 21.0. The summed E-state index contributed by atoms with van der Waals surface area (Å²) in [7, 11) is 0. The van der Waals surface area contributed by atoms with Crippen molar-refractivity contribution in [1.82, 2.24) is 0 Å². The van der Waals surface area contributed by atoms with E-state index in [0.29, 0.717) is 6.61 Å². The molecule has 19 heavy (non-hydrogen) atoms. The molecule has 0 aromatic rings. The Hall–Kier alpha value is -0.340. The molecule has 0 fully saturated rings. The highest BCUT2D eigenvalue weighted by atomic mass is 16.3. The standard InChI is InChI=1S/C11H24O.C6H12O/c1-2-3-4-5-6-7-8-9-10-11-12;1-2-3-4-5-6-7/h12H,2-11H2,1H3;3-4,7H,2,5-6H2,1H3/b;4-3+. The van der Waals surface area contributed by atoms with E-state index in [4.69, 9.17) is 10.2 Å². The first-order valence-electron chi connectivity index (χ1n) is 8.20. The van der Waals surface area contributed by atoms with Gasteiger partial charge in [0.15, 0.2) is 0 Å². The smallest absolute Gasteiger partial charge is 0.0465 e. The SMILES string of the molecule is CC/C=C/CCO.CCCCCCCCCCCO. The van der Waals surface area contributed by atoms with Crippen molar-refractivity contribution in [3.63, 3.8) is 0 Å². The molecule has 116 valence electrons. The zero-order chi connectivity index (χ0) is 14.6. The van der Waals surface area contributed by atoms with Crippen molar-refractivity contribution in [2.75, 3.05) is 13.2 Å². The maximum Gasteiger partial charge on any atom is 0.0465 e. The number of hydrogen-bond acceptors (Lipinski definition) is 2. The molecule has 0 heterocycles. The monoisotopic (exact) mass is 272 g/mol.